The van der Waals surface area contributed by atoms with E-state index in [0.29, 0.717) is 0 Å². The minimum absolute atomic E-state index is 0.344. The highest BCUT2D eigenvalue weighted by Gasteiger charge is 2.19. The molecule has 2 aromatic heterocycles. The Kier molecular flexibility index (Phi) is 2.86. The molecule has 16 heavy (non-hydrogen) atoms. The molecule has 86 valence electrons. The Balaban J connectivity index is 2.25. The molecule has 2 aromatic rings. The summed E-state index contributed by atoms with van der Waals surface area (Å²) >= 11 is 1.82. The van der Waals surface area contributed by atoms with Gasteiger partial charge in [0.25, 0.3) is 0 Å². The Morgan fingerprint density at radius 3 is 2.75 bits per heavy atom. The van der Waals surface area contributed by atoms with Crippen molar-refractivity contribution in [2.75, 3.05) is 0 Å². The van der Waals surface area contributed by atoms with Gasteiger partial charge in [-0.05, 0) is 32.9 Å². The summed E-state index contributed by atoms with van der Waals surface area (Å²) in [6.45, 7) is 6.98. The molecule has 0 bridgehead atoms. The van der Waals surface area contributed by atoms with Crippen LogP contribution in [0.15, 0.2) is 24.7 Å². The van der Waals surface area contributed by atoms with Crippen molar-refractivity contribution >= 4 is 11.3 Å². The molecule has 0 saturated carbocycles. The van der Waals surface area contributed by atoms with Crippen LogP contribution in [0, 0.1) is 6.92 Å². The Morgan fingerprint density at radius 1 is 1.44 bits per heavy atom. The fraction of sp³-hybridized carbons (Fsp3) is 0.417. The maximum absolute atomic E-state index is 6.10. The zero-order valence-corrected chi connectivity index (χ0v) is 10.7. The van der Waals surface area contributed by atoms with E-state index in [-0.39, 0.29) is 5.54 Å². The number of rotatable bonds is 3. The van der Waals surface area contributed by atoms with Gasteiger partial charge in [0.2, 0.25) is 0 Å². The van der Waals surface area contributed by atoms with Gasteiger partial charge < -0.3 is 10.3 Å². The Bertz CT molecular complexity index is 476. The van der Waals surface area contributed by atoms with E-state index >= 15 is 0 Å². The minimum Gasteiger partial charge on any atom is -0.328 e. The lowest BCUT2D eigenvalue weighted by atomic mass is 10.0. The summed E-state index contributed by atoms with van der Waals surface area (Å²) in [6, 6.07) is 4.30. The fourth-order valence-electron chi connectivity index (χ4n) is 1.72. The number of aryl methyl sites for hydroxylation is 1. The second kappa shape index (κ2) is 4.03. The number of hydrogen-bond donors (Lipinski definition) is 1. The van der Waals surface area contributed by atoms with E-state index in [1.807, 2.05) is 37.7 Å². The fourth-order valence-corrected chi connectivity index (χ4v) is 2.61. The molecule has 2 heterocycles. The molecule has 0 aliphatic rings. The van der Waals surface area contributed by atoms with E-state index in [9.17, 15) is 0 Å². The zero-order valence-electron chi connectivity index (χ0n) is 9.90. The third-order valence-electron chi connectivity index (χ3n) is 2.49. The van der Waals surface area contributed by atoms with Crippen LogP contribution in [0.2, 0.25) is 0 Å². The van der Waals surface area contributed by atoms with Gasteiger partial charge in [0, 0.05) is 16.0 Å². The lowest BCUT2D eigenvalue weighted by Crippen LogP contribution is -2.31. The van der Waals surface area contributed by atoms with Gasteiger partial charge in [-0.15, -0.1) is 11.3 Å². The Labute approximate surface area is 99.9 Å². The topological polar surface area (TPSA) is 43.8 Å². The van der Waals surface area contributed by atoms with Crippen LogP contribution in [-0.4, -0.2) is 9.55 Å². The predicted molar refractivity (Wildman–Crippen MR) is 67.6 cm³/mol. The SMILES string of the molecule is Cc1ccc(Cn2cncc2C(C)(C)N)s1. The molecule has 0 spiro atoms. The molecule has 0 aromatic carbocycles. The monoisotopic (exact) mass is 235 g/mol. The summed E-state index contributed by atoms with van der Waals surface area (Å²) < 4.78 is 2.12. The van der Waals surface area contributed by atoms with Gasteiger partial charge in [0.05, 0.1) is 24.1 Å². The zero-order chi connectivity index (χ0) is 11.8. The summed E-state index contributed by atoms with van der Waals surface area (Å²) in [5, 5.41) is 0. The highest BCUT2D eigenvalue weighted by atomic mass is 32.1. The third-order valence-corrected chi connectivity index (χ3v) is 3.48. The maximum atomic E-state index is 6.10. The number of aromatic nitrogens is 2. The second-order valence-corrected chi connectivity index (χ2v) is 6.01. The normalized spacial score (nSPS) is 12.0. The summed E-state index contributed by atoms with van der Waals surface area (Å²) in [7, 11) is 0. The van der Waals surface area contributed by atoms with Crippen LogP contribution >= 0.6 is 11.3 Å². The van der Waals surface area contributed by atoms with E-state index in [4.69, 9.17) is 5.73 Å². The Morgan fingerprint density at radius 2 is 2.19 bits per heavy atom. The lowest BCUT2D eigenvalue weighted by Gasteiger charge is -2.20. The van der Waals surface area contributed by atoms with Crippen molar-refractivity contribution in [1.82, 2.24) is 9.55 Å². The molecular weight excluding hydrogens is 218 g/mol. The molecule has 4 heteroatoms. The van der Waals surface area contributed by atoms with Crippen molar-refractivity contribution < 1.29 is 0 Å². The average molecular weight is 235 g/mol. The standard InChI is InChI=1S/C12H17N3S/c1-9-4-5-10(16-9)7-15-8-14-6-11(15)12(2,3)13/h4-6,8H,7,13H2,1-3H3. The molecule has 0 amide bonds. The molecule has 3 nitrogen and oxygen atoms in total. The van der Waals surface area contributed by atoms with Crippen molar-refractivity contribution in [3.63, 3.8) is 0 Å². The van der Waals surface area contributed by atoms with Crippen LogP contribution in [0.3, 0.4) is 0 Å². The molecule has 0 radical (unpaired) electrons. The van der Waals surface area contributed by atoms with Crippen LogP contribution in [0.4, 0.5) is 0 Å². The van der Waals surface area contributed by atoms with E-state index in [1.165, 1.54) is 9.75 Å². The molecule has 0 aliphatic heterocycles. The van der Waals surface area contributed by atoms with Gasteiger partial charge in [-0.25, -0.2) is 4.98 Å². The van der Waals surface area contributed by atoms with Crippen LogP contribution < -0.4 is 5.73 Å². The number of nitrogens with two attached hydrogens (primary N) is 1. The third kappa shape index (κ3) is 2.33. The number of nitrogens with zero attached hydrogens (tertiary/aromatic N) is 2. The molecule has 0 atom stereocenters. The first-order chi connectivity index (χ1) is 7.47. The highest BCUT2D eigenvalue weighted by molar-refractivity contribution is 7.11. The molecule has 2 N–H and O–H groups in total. The molecular formula is C12H17N3S. The summed E-state index contributed by atoms with van der Waals surface area (Å²) in [6.07, 6.45) is 3.69. The largest absolute Gasteiger partial charge is 0.328 e. The van der Waals surface area contributed by atoms with Gasteiger partial charge in [-0.3, -0.25) is 0 Å². The van der Waals surface area contributed by atoms with Crippen molar-refractivity contribution in [3.8, 4) is 0 Å². The second-order valence-electron chi connectivity index (χ2n) is 4.64. The average Bonchev–Trinajstić information content (AvgIpc) is 2.74. The summed E-state index contributed by atoms with van der Waals surface area (Å²) in [4.78, 5) is 6.85. The first-order valence-corrected chi connectivity index (χ1v) is 6.13. The van der Waals surface area contributed by atoms with Crippen LogP contribution in [0.25, 0.3) is 0 Å². The predicted octanol–water partition coefficient (Wildman–Crippen LogP) is 2.50. The lowest BCUT2D eigenvalue weighted by molar-refractivity contribution is 0.504. The van der Waals surface area contributed by atoms with Crippen LogP contribution in [0.5, 0.6) is 0 Å². The molecule has 0 fully saturated rings. The van der Waals surface area contributed by atoms with E-state index in [0.717, 1.165) is 12.2 Å². The molecule has 0 aliphatic carbocycles. The van der Waals surface area contributed by atoms with Crippen molar-refractivity contribution in [2.24, 2.45) is 5.73 Å². The first kappa shape index (κ1) is 11.4. The quantitative estimate of drug-likeness (QED) is 0.888. The van der Waals surface area contributed by atoms with Gasteiger partial charge in [0.1, 0.15) is 0 Å². The molecule has 0 saturated heterocycles. The number of imidazole rings is 1. The first-order valence-electron chi connectivity index (χ1n) is 5.31. The molecule has 2 rings (SSSR count). The van der Waals surface area contributed by atoms with Gasteiger partial charge in [-0.2, -0.15) is 0 Å². The van der Waals surface area contributed by atoms with Crippen LogP contribution in [-0.2, 0) is 12.1 Å². The smallest absolute Gasteiger partial charge is 0.0952 e. The minimum atomic E-state index is -0.344. The van der Waals surface area contributed by atoms with Crippen molar-refractivity contribution in [2.45, 2.75) is 32.9 Å². The van der Waals surface area contributed by atoms with Crippen LogP contribution in [0.1, 0.15) is 29.3 Å². The maximum Gasteiger partial charge on any atom is 0.0952 e. The number of thiophene rings is 1. The molecule has 0 unspecified atom stereocenters. The summed E-state index contributed by atoms with van der Waals surface area (Å²) in [5.74, 6) is 0. The van der Waals surface area contributed by atoms with Crippen molar-refractivity contribution in [3.05, 3.63) is 40.1 Å². The van der Waals surface area contributed by atoms with Gasteiger partial charge in [0.15, 0.2) is 0 Å². The van der Waals surface area contributed by atoms with E-state index in [2.05, 4.69) is 28.6 Å². The van der Waals surface area contributed by atoms with Crippen molar-refractivity contribution in [1.29, 1.82) is 0 Å². The number of hydrogen-bond acceptors (Lipinski definition) is 3. The highest BCUT2D eigenvalue weighted by Crippen LogP contribution is 2.20. The van der Waals surface area contributed by atoms with Gasteiger partial charge >= 0.3 is 0 Å². The van der Waals surface area contributed by atoms with Gasteiger partial charge in [-0.1, -0.05) is 0 Å². The van der Waals surface area contributed by atoms with E-state index < -0.39 is 0 Å². The summed E-state index contributed by atoms with van der Waals surface area (Å²) in [5.41, 5.74) is 6.83. The Hall–Kier alpha value is -1.13. The van der Waals surface area contributed by atoms with E-state index in [1.54, 1.807) is 0 Å².